The molecule has 2 amide bonds. The van der Waals surface area contributed by atoms with Gasteiger partial charge in [0.05, 0.1) is 17.3 Å². The molecule has 0 aliphatic heterocycles. The summed E-state index contributed by atoms with van der Waals surface area (Å²) in [6.45, 7) is 0. The zero-order chi connectivity index (χ0) is 24.7. The third kappa shape index (κ3) is 6.91. The Morgan fingerprint density at radius 3 is 2.24 bits per heavy atom. The van der Waals surface area contributed by atoms with E-state index in [0.29, 0.717) is 16.1 Å². The molecule has 0 heterocycles. The fraction of sp³-hybridized carbons (Fsp3) is 0.0435. The number of halogens is 4. The lowest BCUT2D eigenvalue weighted by atomic mass is 10.2. The third-order valence-corrected chi connectivity index (χ3v) is 4.46. The number of rotatable bonds is 5. The molecule has 0 bridgehead atoms. The molecule has 34 heavy (non-hydrogen) atoms. The van der Waals surface area contributed by atoms with Crippen molar-refractivity contribution in [3.05, 3.63) is 94.5 Å². The largest absolute Gasteiger partial charge is 0.423 e. The summed E-state index contributed by atoms with van der Waals surface area (Å²) in [5.74, 6) is -2.64. The van der Waals surface area contributed by atoms with E-state index in [0.717, 1.165) is 24.3 Å². The molecule has 3 rings (SSSR count). The number of carbonyl (C=O) groups is 3. The first-order valence-electron chi connectivity index (χ1n) is 9.51. The van der Waals surface area contributed by atoms with E-state index in [4.69, 9.17) is 16.3 Å². The summed E-state index contributed by atoms with van der Waals surface area (Å²) >= 11 is 5.79. The molecule has 0 saturated carbocycles. The van der Waals surface area contributed by atoms with Crippen molar-refractivity contribution in [3.8, 4) is 5.75 Å². The molecule has 0 aliphatic carbocycles. The minimum atomic E-state index is -4.51. The minimum absolute atomic E-state index is 0.00679. The molecule has 11 heteroatoms. The van der Waals surface area contributed by atoms with Crippen LogP contribution >= 0.6 is 11.6 Å². The molecule has 7 nitrogen and oxygen atoms in total. The molecule has 0 saturated heterocycles. The van der Waals surface area contributed by atoms with E-state index >= 15 is 0 Å². The Bertz CT molecular complexity index is 1230. The number of carbonyl (C=O) groups excluding carboxylic acids is 3. The molecule has 0 radical (unpaired) electrons. The molecule has 0 atom stereocenters. The highest BCUT2D eigenvalue weighted by Gasteiger charge is 2.30. The molecule has 3 aromatic rings. The quantitative estimate of drug-likeness (QED) is 0.179. The van der Waals surface area contributed by atoms with Gasteiger partial charge in [0.15, 0.2) is 0 Å². The number of hydrogen-bond donors (Lipinski definition) is 2. The van der Waals surface area contributed by atoms with Gasteiger partial charge in [0.1, 0.15) is 5.75 Å². The predicted octanol–water partition coefficient (Wildman–Crippen LogP) is 4.67. The first kappa shape index (κ1) is 24.5. The van der Waals surface area contributed by atoms with Gasteiger partial charge in [0.2, 0.25) is 0 Å². The lowest BCUT2D eigenvalue weighted by Crippen LogP contribution is -2.32. The van der Waals surface area contributed by atoms with E-state index in [1.54, 1.807) is 30.3 Å². The number of ether oxygens (including phenoxy) is 1. The molecule has 0 spiro atoms. The summed E-state index contributed by atoms with van der Waals surface area (Å²) in [4.78, 5) is 35.9. The first-order valence-corrected chi connectivity index (χ1v) is 9.89. The number of anilines is 1. The maximum absolute atomic E-state index is 12.6. The number of nitrogens with one attached hydrogen (secondary N) is 2. The average molecular weight is 490 g/mol. The number of alkyl halides is 3. The molecule has 0 unspecified atom stereocenters. The second kappa shape index (κ2) is 10.6. The lowest BCUT2D eigenvalue weighted by Gasteiger charge is -2.08. The molecule has 174 valence electrons. The van der Waals surface area contributed by atoms with E-state index in [9.17, 15) is 27.6 Å². The van der Waals surface area contributed by atoms with E-state index < -0.39 is 29.5 Å². The second-order valence-electron chi connectivity index (χ2n) is 6.70. The maximum Gasteiger partial charge on any atom is 0.416 e. The third-order valence-electron chi connectivity index (χ3n) is 4.20. The summed E-state index contributed by atoms with van der Waals surface area (Å²) < 4.78 is 43.0. The Morgan fingerprint density at radius 2 is 1.59 bits per heavy atom. The number of hydrazone groups is 1. The maximum atomic E-state index is 12.6. The molecule has 3 aromatic carbocycles. The summed E-state index contributed by atoms with van der Waals surface area (Å²) in [5, 5.41) is 6.29. The van der Waals surface area contributed by atoms with Crippen LogP contribution in [0.5, 0.6) is 5.75 Å². The molecule has 2 N–H and O–H groups in total. The van der Waals surface area contributed by atoms with Crippen molar-refractivity contribution in [2.45, 2.75) is 6.18 Å². The molecule has 0 aliphatic rings. The van der Waals surface area contributed by atoms with Crippen LogP contribution in [0.1, 0.15) is 21.5 Å². The predicted molar refractivity (Wildman–Crippen MR) is 119 cm³/mol. The van der Waals surface area contributed by atoms with Crippen LogP contribution in [0.3, 0.4) is 0 Å². The van der Waals surface area contributed by atoms with Crippen molar-refractivity contribution in [1.82, 2.24) is 5.43 Å². The molecule has 0 fully saturated rings. The second-order valence-corrected chi connectivity index (χ2v) is 7.13. The van der Waals surface area contributed by atoms with E-state index in [-0.39, 0.29) is 11.4 Å². The Kier molecular flexibility index (Phi) is 7.64. The van der Waals surface area contributed by atoms with E-state index in [1.165, 1.54) is 24.4 Å². The molecular weight excluding hydrogens is 475 g/mol. The SMILES string of the molecule is O=C(NN=Cc1cccc(OC(=O)c2ccc(Cl)cc2)c1)C(=O)Nc1ccc(C(F)(F)F)cc1. The van der Waals surface area contributed by atoms with Gasteiger partial charge in [-0.15, -0.1) is 0 Å². The zero-order valence-corrected chi connectivity index (χ0v) is 17.9. The summed E-state index contributed by atoms with van der Waals surface area (Å²) in [6.07, 6.45) is -3.30. The fourth-order valence-electron chi connectivity index (χ4n) is 2.56. The first-order chi connectivity index (χ1) is 16.1. The van der Waals surface area contributed by atoms with Gasteiger partial charge < -0.3 is 10.1 Å². The van der Waals surface area contributed by atoms with Crippen molar-refractivity contribution in [2.75, 3.05) is 5.32 Å². The van der Waals surface area contributed by atoms with E-state index in [1.807, 2.05) is 5.43 Å². The number of esters is 1. The summed E-state index contributed by atoms with van der Waals surface area (Å²) in [5.41, 5.74) is 1.86. The molecular formula is C23H15ClF3N3O4. The van der Waals surface area contributed by atoms with Gasteiger partial charge in [-0.2, -0.15) is 18.3 Å². The smallest absolute Gasteiger partial charge is 0.416 e. The van der Waals surface area contributed by atoms with E-state index in [2.05, 4.69) is 10.4 Å². The highest BCUT2D eigenvalue weighted by molar-refractivity contribution is 6.39. The van der Waals surface area contributed by atoms with Gasteiger partial charge >= 0.3 is 24.0 Å². The van der Waals surface area contributed by atoms with Crippen molar-refractivity contribution in [1.29, 1.82) is 0 Å². The van der Waals surface area contributed by atoms with Crippen LogP contribution in [0, 0.1) is 0 Å². The average Bonchev–Trinajstić information content (AvgIpc) is 2.79. The Morgan fingerprint density at radius 1 is 0.912 bits per heavy atom. The highest BCUT2D eigenvalue weighted by atomic mass is 35.5. The standard InChI is InChI=1S/C23H15ClF3N3O4/c24-17-8-4-15(5-9-17)22(33)34-19-3-1-2-14(12-19)13-28-30-21(32)20(31)29-18-10-6-16(7-11-18)23(25,26)27/h1-13H,(H,29,31)(H,30,32). The monoisotopic (exact) mass is 489 g/mol. The van der Waals surface area contributed by atoms with Gasteiger partial charge in [-0.25, -0.2) is 10.2 Å². The Hall–Kier alpha value is -4.18. The van der Waals surface area contributed by atoms with Crippen molar-refractivity contribution in [3.63, 3.8) is 0 Å². The van der Waals surface area contributed by atoms with Crippen molar-refractivity contribution < 1.29 is 32.3 Å². The molecule has 0 aromatic heterocycles. The zero-order valence-electron chi connectivity index (χ0n) is 17.1. The normalized spacial score (nSPS) is 11.2. The van der Waals surface area contributed by atoms with Crippen LogP contribution in [-0.2, 0) is 15.8 Å². The van der Waals surface area contributed by atoms with Gasteiger partial charge in [0.25, 0.3) is 0 Å². The van der Waals surface area contributed by atoms with Gasteiger partial charge in [-0.3, -0.25) is 9.59 Å². The number of hydrogen-bond acceptors (Lipinski definition) is 5. The Labute approximate surface area is 196 Å². The van der Waals surface area contributed by atoms with Crippen LogP contribution < -0.4 is 15.5 Å². The Balaban J connectivity index is 1.54. The topological polar surface area (TPSA) is 96.9 Å². The van der Waals surface area contributed by atoms with Gasteiger partial charge in [0, 0.05) is 10.7 Å². The van der Waals surface area contributed by atoms with Crippen LogP contribution in [0.25, 0.3) is 0 Å². The summed E-state index contributed by atoms with van der Waals surface area (Å²) in [6, 6.07) is 16.0. The van der Waals surface area contributed by atoms with Crippen LogP contribution in [0.4, 0.5) is 18.9 Å². The number of nitrogens with zero attached hydrogens (tertiary/aromatic N) is 1. The van der Waals surface area contributed by atoms with Crippen LogP contribution in [0.2, 0.25) is 5.02 Å². The van der Waals surface area contributed by atoms with Crippen molar-refractivity contribution >= 4 is 41.3 Å². The van der Waals surface area contributed by atoms with Gasteiger partial charge in [-0.1, -0.05) is 23.7 Å². The highest BCUT2D eigenvalue weighted by Crippen LogP contribution is 2.29. The summed E-state index contributed by atoms with van der Waals surface area (Å²) in [7, 11) is 0. The van der Waals surface area contributed by atoms with Crippen LogP contribution in [0.15, 0.2) is 77.9 Å². The van der Waals surface area contributed by atoms with Gasteiger partial charge in [-0.05, 0) is 66.2 Å². The lowest BCUT2D eigenvalue weighted by molar-refractivity contribution is -0.137. The fourth-order valence-corrected chi connectivity index (χ4v) is 2.68. The number of amides is 2. The van der Waals surface area contributed by atoms with Crippen molar-refractivity contribution in [2.24, 2.45) is 5.10 Å². The minimum Gasteiger partial charge on any atom is -0.423 e. The number of benzene rings is 3. The van der Waals surface area contributed by atoms with Crippen LogP contribution in [-0.4, -0.2) is 24.0 Å².